The van der Waals surface area contributed by atoms with Crippen molar-refractivity contribution in [3.05, 3.63) is 102 Å². The minimum absolute atomic E-state index is 0.254. The van der Waals surface area contributed by atoms with Crippen LogP contribution in [-0.2, 0) is 0 Å². The van der Waals surface area contributed by atoms with E-state index in [9.17, 15) is 13.6 Å². The zero-order valence-electron chi connectivity index (χ0n) is 12.2. The summed E-state index contributed by atoms with van der Waals surface area (Å²) in [5.41, 5.74) is 2.90. The smallest absolute Gasteiger partial charge is 0.171 e. The Hall–Kier alpha value is -2.81. The number of carbonyl (C=O) groups is 1. The van der Waals surface area contributed by atoms with Crippen LogP contribution in [0.3, 0.4) is 0 Å². The fourth-order valence-electron chi connectivity index (χ4n) is 2.29. The minimum Gasteiger partial charge on any atom is -0.293 e. The number of hydrogen-bond donors (Lipinski definition) is 0. The van der Waals surface area contributed by atoms with Crippen molar-refractivity contribution < 1.29 is 13.6 Å². The Bertz CT molecular complexity index is 824. The maximum atomic E-state index is 13.2. The molecule has 0 heterocycles. The van der Waals surface area contributed by atoms with Gasteiger partial charge in [-0.2, -0.15) is 0 Å². The van der Waals surface area contributed by atoms with Crippen LogP contribution in [0.2, 0.25) is 0 Å². The van der Waals surface area contributed by atoms with Crippen LogP contribution in [0.25, 0.3) is 11.1 Å². The first-order valence-electron chi connectivity index (χ1n) is 7.13. The van der Waals surface area contributed by atoms with E-state index in [4.69, 9.17) is 0 Å². The molecule has 3 aromatic carbocycles. The minimum atomic E-state index is -0.967. The van der Waals surface area contributed by atoms with Gasteiger partial charge in [-0.25, -0.2) is 8.78 Å². The molecule has 3 rings (SSSR count). The standard InChI is InChI=1S/C20H13F2O/c21-18-11-6-14(12-19(18)22)13-20(23)17-9-7-16(8-10-17)15-4-2-1-3-5-15/h1-13H. The maximum Gasteiger partial charge on any atom is 0.171 e. The van der Waals surface area contributed by atoms with Crippen molar-refractivity contribution in [2.45, 2.75) is 0 Å². The highest BCUT2D eigenvalue weighted by molar-refractivity contribution is 6.04. The van der Waals surface area contributed by atoms with Gasteiger partial charge in [0.05, 0.1) is 6.42 Å². The fraction of sp³-hybridized carbons (Fsp3) is 0. The average Bonchev–Trinajstić information content (AvgIpc) is 2.59. The van der Waals surface area contributed by atoms with E-state index in [1.54, 1.807) is 12.1 Å². The molecule has 1 nitrogen and oxygen atoms in total. The lowest BCUT2D eigenvalue weighted by molar-refractivity contribution is 0.103. The van der Waals surface area contributed by atoms with Crippen LogP contribution in [0.5, 0.6) is 0 Å². The molecule has 0 fully saturated rings. The van der Waals surface area contributed by atoms with Crippen LogP contribution in [0.4, 0.5) is 8.78 Å². The lowest BCUT2D eigenvalue weighted by Crippen LogP contribution is -2.01. The number of rotatable bonds is 4. The number of carbonyl (C=O) groups excluding carboxylic acids is 1. The topological polar surface area (TPSA) is 17.1 Å². The third-order valence-corrected chi connectivity index (χ3v) is 3.52. The molecule has 1 radical (unpaired) electrons. The van der Waals surface area contributed by atoms with Gasteiger partial charge in [0, 0.05) is 5.56 Å². The molecule has 3 heteroatoms. The number of ketones is 1. The maximum absolute atomic E-state index is 13.2. The highest BCUT2D eigenvalue weighted by atomic mass is 19.2. The molecule has 0 atom stereocenters. The third kappa shape index (κ3) is 3.51. The van der Waals surface area contributed by atoms with Gasteiger partial charge in [0.1, 0.15) is 0 Å². The van der Waals surface area contributed by atoms with Gasteiger partial charge in [-0.05, 0) is 28.8 Å². The van der Waals surface area contributed by atoms with Crippen molar-refractivity contribution in [2.75, 3.05) is 0 Å². The molecule has 0 spiro atoms. The summed E-state index contributed by atoms with van der Waals surface area (Å²) in [6.45, 7) is 0. The van der Waals surface area contributed by atoms with Crippen molar-refractivity contribution in [1.82, 2.24) is 0 Å². The van der Waals surface area contributed by atoms with Crippen LogP contribution in [-0.4, -0.2) is 5.78 Å². The third-order valence-electron chi connectivity index (χ3n) is 3.52. The van der Waals surface area contributed by atoms with E-state index in [0.717, 1.165) is 23.3 Å². The Balaban J connectivity index is 1.76. The summed E-state index contributed by atoms with van der Waals surface area (Å²) < 4.78 is 26.1. The van der Waals surface area contributed by atoms with Gasteiger partial charge < -0.3 is 0 Å². The predicted octanol–water partition coefficient (Wildman–Crippen LogP) is 5.07. The summed E-state index contributed by atoms with van der Waals surface area (Å²) in [6.07, 6.45) is 1.29. The van der Waals surface area contributed by atoms with Gasteiger partial charge in [-0.3, -0.25) is 4.79 Å². The van der Waals surface area contributed by atoms with Gasteiger partial charge in [0.2, 0.25) is 0 Å². The SMILES string of the molecule is O=C([CH]c1ccc(F)c(F)c1)c1ccc(-c2ccccc2)cc1. The van der Waals surface area contributed by atoms with Crippen molar-refractivity contribution in [3.8, 4) is 11.1 Å². The van der Waals surface area contributed by atoms with E-state index in [0.29, 0.717) is 11.1 Å². The van der Waals surface area contributed by atoms with Crippen LogP contribution in [0, 0.1) is 18.1 Å². The van der Waals surface area contributed by atoms with Gasteiger partial charge in [0.25, 0.3) is 0 Å². The van der Waals surface area contributed by atoms with Crippen LogP contribution < -0.4 is 0 Å². The van der Waals surface area contributed by atoms with E-state index >= 15 is 0 Å². The Morgan fingerprint density at radius 3 is 2.04 bits per heavy atom. The van der Waals surface area contributed by atoms with Gasteiger partial charge in [-0.1, -0.05) is 60.7 Å². The number of halogens is 2. The van der Waals surface area contributed by atoms with Crippen molar-refractivity contribution in [3.63, 3.8) is 0 Å². The Labute approximate surface area is 133 Å². The van der Waals surface area contributed by atoms with Crippen LogP contribution in [0.15, 0.2) is 72.8 Å². The zero-order chi connectivity index (χ0) is 16.2. The predicted molar refractivity (Wildman–Crippen MR) is 86.0 cm³/mol. The Kier molecular flexibility index (Phi) is 4.29. The lowest BCUT2D eigenvalue weighted by Gasteiger charge is -2.05. The highest BCUT2D eigenvalue weighted by Gasteiger charge is 2.10. The monoisotopic (exact) mass is 307 g/mol. The van der Waals surface area contributed by atoms with Crippen LogP contribution in [0.1, 0.15) is 15.9 Å². The van der Waals surface area contributed by atoms with E-state index in [1.165, 1.54) is 12.5 Å². The molecule has 0 aliphatic rings. The molecule has 0 saturated carbocycles. The number of Topliss-reactive ketones (excluding diaryl/α,β-unsaturated/α-hetero) is 1. The van der Waals surface area contributed by atoms with Gasteiger partial charge in [-0.15, -0.1) is 0 Å². The molecule has 0 aliphatic heterocycles. The van der Waals surface area contributed by atoms with Gasteiger partial charge >= 0.3 is 0 Å². The summed E-state index contributed by atoms with van der Waals surface area (Å²) in [5, 5.41) is 0. The van der Waals surface area contributed by atoms with Crippen molar-refractivity contribution >= 4 is 5.78 Å². The summed E-state index contributed by atoms with van der Waals surface area (Å²) >= 11 is 0. The molecule has 0 unspecified atom stereocenters. The molecule has 0 bridgehead atoms. The van der Waals surface area contributed by atoms with E-state index in [1.807, 2.05) is 42.5 Å². The summed E-state index contributed by atoms with van der Waals surface area (Å²) in [7, 11) is 0. The summed E-state index contributed by atoms with van der Waals surface area (Å²) in [5.74, 6) is -2.15. The first kappa shape index (κ1) is 15.1. The first-order valence-corrected chi connectivity index (χ1v) is 7.13. The van der Waals surface area contributed by atoms with E-state index in [2.05, 4.69) is 0 Å². The van der Waals surface area contributed by atoms with Gasteiger partial charge in [0.15, 0.2) is 17.4 Å². The number of hydrogen-bond acceptors (Lipinski definition) is 1. The van der Waals surface area contributed by atoms with Crippen LogP contribution >= 0.6 is 0 Å². The summed E-state index contributed by atoms with van der Waals surface area (Å²) in [6, 6.07) is 20.4. The molecule has 113 valence electrons. The molecule has 3 aromatic rings. The molecule has 0 aliphatic carbocycles. The second kappa shape index (κ2) is 6.53. The van der Waals surface area contributed by atoms with E-state index < -0.39 is 11.6 Å². The molecule has 23 heavy (non-hydrogen) atoms. The fourth-order valence-corrected chi connectivity index (χ4v) is 2.29. The van der Waals surface area contributed by atoms with Crippen molar-refractivity contribution in [1.29, 1.82) is 0 Å². The Morgan fingerprint density at radius 1 is 0.739 bits per heavy atom. The second-order valence-corrected chi connectivity index (χ2v) is 5.13. The molecular formula is C20H13F2O. The quantitative estimate of drug-likeness (QED) is 0.615. The Morgan fingerprint density at radius 2 is 1.39 bits per heavy atom. The van der Waals surface area contributed by atoms with E-state index in [-0.39, 0.29) is 5.78 Å². The largest absolute Gasteiger partial charge is 0.293 e. The normalized spacial score (nSPS) is 10.5. The van der Waals surface area contributed by atoms with Crippen molar-refractivity contribution in [2.24, 2.45) is 0 Å². The molecular weight excluding hydrogens is 294 g/mol. The molecule has 0 amide bonds. The highest BCUT2D eigenvalue weighted by Crippen LogP contribution is 2.20. The molecule has 0 N–H and O–H groups in total. The molecule has 0 aromatic heterocycles. The summed E-state index contributed by atoms with van der Waals surface area (Å²) in [4.78, 5) is 12.2. The average molecular weight is 307 g/mol. The molecule has 0 saturated heterocycles. The zero-order valence-corrected chi connectivity index (χ0v) is 12.2. The first-order chi connectivity index (χ1) is 11.1. The second-order valence-electron chi connectivity index (χ2n) is 5.13. The lowest BCUT2D eigenvalue weighted by atomic mass is 9.99. The number of benzene rings is 3.